The molecule has 5 aromatic heterocycles. The highest BCUT2D eigenvalue weighted by Gasteiger charge is 2.37. The Hall–Kier alpha value is -13.2. The first kappa shape index (κ1) is 54.4. The summed E-state index contributed by atoms with van der Waals surface area (Å²) in [5.74, 6) is 0. The summed E-state index contributed by atoms with van der Waals surface area (Å²) in [5.41, 5.74) is 23.1. The van der Waals surface area contributed by atoms with Crippen molar-refractivity contribution in [3.63, 3.8) is 0 Å². The van der Waals surface area contributed by atoms with Gasteiger partial charge in [0.05, 0.1) is 66.9 Å². The topological polar surface area (TPSA) is 56.6 Å². The SMILES string of the molecule is N#Cc1c(-n2c3ccccc3c3cccc(-c4ccccc4)c32)c(-n2c3ccccc3c3cccc(-c4ccccc4)c32)c(-c2cccc3oc4ccccc4c23)c(-n2c3ccccc3c3cccc(-c4ccccc4)c32)c1-n1c2ccccc2c2cccc(-c3ccccc3)c21. The molecule has 0 saturated heterocycles. The van der Waals surface area contributed by atoms with Crippen LogP contribution in [0.5, 0.6) is 0 Å². The molecule has 450 valence electrons. The van der Waals surface area contributed by atoms with Gasteiger partial charge in [-0.1, -0.05) is 297 Å². The summed E-state index contributed by atoms with van der Waals surface area (Å²) in [6.07, 6.45) is 0. The Kier molecular flexibility index (Phi) is 12.0. The van der Waals surface area contributed by atoms with Crippen molar-refractivity contribution in [3.8, 4) is 84.5 Å². The molecule has 0 aliphatic heterocycles. The van der Waals surface area contributed by atoms with Crippen molar-refractivity contribution in [1.82, 2.24) is 18.3 Å². The molecule has 20 rings (SSSR count). The third-order valence-electron chi connectivity index (χ3n) is 20.2. The fraction of sp³-hybridized carbons (Fsp3) is 0. The molecule has 0 atom stereocenters. The summed E-state index contributed by atoms with van der Waals surface area (Å²) in [6.45, 7) is 0. The molecular weight excluding hydrogens is 1180 g/mol. The van der Waals surface area contributed by atoms with Crippen LogP contribution in [-0.2, 0) is 0 Å². The van der Waals surface area contributed by atoms with Gasteiger partial charge in [-0.25, -0.2) is 0 Å². The van der Waals surface area contributed by atoms with Gasteiger partial charge >= 0.3 is 0 Å². The first-order valence-corrected chi connectivity index (χ1v) is 33.1. The number of rotatable bonds is 9. The van der Waals surface area contributed by atoms with E-state index >= 15 is 0 Å². The molecule has 15 aromatic carbocycles. The summed E-state index contributed by atoms with van der Waals surface area (Å²) in [5, 5.41) is 24.3. The monoisotopic (exact) mass is 1230 g/mol. The van der Waals surface area contributed by atoms with E-state index in [1.165, 1.54) is 0 Å². The second-order valence-corrected chi connectivity index (χ2v) is 25.2. The summed E-state index contributed by atoms with van der Waals surface area (Å²) in [7, 11) is 0. The van der Waals surface area contributed by atoms with Gasteiger partial charge in [0.2, 0.25) is 0 Å². The number of nitriles is 1. The van der Waals surface area contributed by atoms with Crippen LogP contribution in [0.15, 0.2) is 338 Å². The minimum Gasteiger partial charge on any atom is -0.456 e. The van der Waals surface area contributed by atoms with Crippen molar-refractivity contribution >= 4 is 109 Å². The molecule has 0 amide bonds. The number of hydrogen-bond donors (Lipinski definition) is 0. The zero-order valence-electron chi connectivity index (χ0n) is 52.4. The van der Waals surface area contributed by atoms with Crippen LogP contribution in [0.2, 0.25) is 0 Å². The average Bonchev–Trinajstić information content (AvgIpc) is 1.50. The number of aromatic nitrogens is 4. The second-order valence-electron chi connectivity index (χ2n) is 25.2. The first-order valence-electron chi connectivity index (χ1n) is 33.1. The zero-order valence-corrected chi connectivity index (χ0v) is 52.4. The van der Waals surface area contributed by atoms with E-state index in [0.29, 0.717) is 16.9 Å². The van der Waals surface area contributed by atoms with Gasteiger partial charge in [0.15, 0.2) is 0 Å². The Balaban J connectivity index is 1.17. The molecular formula is C91H55N5O. The van der Waals surface area contributed by atoms with Gasteiger partial charge in [-0.15, -0.1) is 0 Å². The minimum atomic E-state index is 0.472. The van der Waals surface area contributed by atoms with Gasteiger partial charge in [0.25, 0.3) is 0 Å². The highest BCUT2D eigenvalue weighted by Crippen LogP contribution is 2.56. The lowest BCUT2D eigenvalue weighted by Gasteiger charge is -2.30. The van der Waals surface area contributed by atoms with Crippen molar-refractivity contribution in [2.45, 2.75) is 0 Å². The predicted molar refractivity (Wildman–Crippen MR) is 403 cm³/mol. The summed E-state index contributed by atoms with van der Waals surface area (Å²) >= 11 is 0. The van der Waals surface area contributed by atoms with Crippen LogP contribution in [0.1, 0.15) is 5.56 Å². The first-order chi connectivity index (χ1) is 48.2. The number of para-hydroxylation sites is 9. The third-order valence-corrected chi connectivity index (χ3v) is 20.2. The van der Waals surface area contributed by atoms with Crippen LogP contribution in [-0.4, -0.2) is 18.3 Å². The van der Waals surface area contributed by atoms with E-state index in [0.717, 1.165) is 176 Å². The third kappa shape index (κ3) is 7.88. The smallest absolute Gasteiger partial charge is 0.136 e. The van der Waals surface area contributed by atoms with Gasteiger partial charge in [-0.2, -0.15) is 5.26 Å². The van der Waals surface area contributed by atoms with Crippen molar-refractivity contribution in [2.75, 3.05) is 0 Å². The van der Waals surface area contributed by atoms with Crippen LogP contribution in [0.3, 0.4) is 0 Å². The highest BCUT2D eigenvalue weighted by molar-refractivity contribution is 6.23. The van der Waals surface area contributed by atoms with Crippen molar-refractivity contribution < 1.29 is 4.42 Å². The molecule has 0 aliphatic carbocycles. The quantitative estimate of drug-likeness (QED) is 0.145. The van der Waals surface area contributed by atoms with Gasteiger partial charge < -0.3 is 22.7 Å². The van der Waals surface area contributed by atoms with E-state index in [9.17, 15) is 5.26 Å². The van der Waals surface area contributed by atoms with E-state index in [1.807, 2.05) is 0 Å². The second kappa shape index (κ2) is 21.4. The molecule has 20 aromatic rings. The Morgan fingerprint density at radius 1 is 0.227 bits per heavy atom. The molecule has 0 bridgehead atoms. The lowest BCUT2D eigenvalue weighted by Crippen LogP contribution is -2.17. The van der Waals surface area contributed by atoms with Gasteiger partial charge in [0, 0.05) is 81.7 Å². The predicted octanol–water partition coefficient (Wildman–Crippen LogP) is 24.2. The molecule has 5 heterocycles. The lowest BCUT2D eigenvalue weighted by atomic mass is 9.90. The lowest BCUT2D eigenvalue weighted by molar-refractivity contribution is 0.669. The number of hydrogen-bond acceptors (Lipinski definition) is 2. The maximum Gasteiger partial charge on any atom is 0.136 e. The molecule has 0 fully saturated rings. The summed E-state index contributed by atoms with van der Waals surface area (Å²) < 4.78 is 17.2. The van der Waals surface area contributed by atoms with Crippen molar-refractivity contribution in [3.05, 3.63) is 339 Å². The van der Waals surface area contributed by atoms with E-state index in [2.05, 4.69) is 358 Å². The fourth-order valence-corrected chi connectivity index (χ4v) is 16.3. The van der Waals surface area contributed by atoms with E-state index in [1.54, 1.807) is 0 Å². The molecule has 0 saturated carbocycles. The largest absolute Gasteiger partial charge is 0.456 e. The molecule has 0 aliphatic rings. The Labute approximate surface area is 557 Å². The van der Waals surface area contributed by atoms with Gasteiger partial charge in [-0.05, 0) is 64.2 Å². The fourth-order valence-electron chi connectivity index (χ4n) is 16.3. The molecule has 6 nitrogen and oxygen atoms in total. The van der Waals surface area contributed by atoms with Crippen LogP contribution in [0, 0.1) is 11.3 Å². The number of fused-ring (bicyclic) bond motifs is 15. The Bertz CT molecular complexity index is 6340. The van der Waals surface area contributed by atoms with Crippen molar-refractivity contribution in [2.24, 2.45) is 0 Å². The zero-order chi connectivity index (χ0) is 63.8. The van der Waals surface area contributed by atoms with E-state index in [4.69, 9.17) is 4.42 Å². The van der Waals surface area contributed by atoms with Crippen molar-refractivity contribution in [1.29, 1.82) is 5.26 Å². The standard InChI is InChI=1S/C91H55N5O/c92-56-75-88(93-76-50-18-13-36-65(76)69-45-23-41-61(84(69)93)57-28-5-1-6-29-57)90(95-78-52-20-15-38-67(78)71-47-25-43-63(86(71)95)59-32-9-3-10-33-59)83(74-49-27-55-81-82(74)73-40-17-22-54-80(73)97-81)91(96-79-53-21-16-39-68(79)72-48-26-44-64(87(72)96)60-34-11-4-12-35-60)89(75)94-77-51-19-14-37-66(77)70-46-24-42-62(85(70)94)58-30-7-2-8-31-58/h1-55H. The van der Waals surface area contributed by atoms with Gasteiger partial charge in [-0.3, -0.25) is 0 Å². The van der Waals surface area contributed by atoms with E-state index in [-0.39, 0.29) is 0 Å². The number of nitrogens with zero attached hydrogens (tertiary/aromatic N) is 5. The molecule has 0 N–H and O–H groups in total. The number of benzene rings is 15. The summed E-state index contributed by atoms with van der Waals surface area (Å²) in [4.78, 5) is 0. The molecule has 97 heavy (non-hydrogen) atoms. The van der Waals surface area contributed by atoms with Crippen LogP contribution < -0.4 is 0 Å². The molecule has 0 unspecified atom stereocenters. The van der Waals surface area contributed by atoms with E-state index < -0.39 is 0 Å². The molecule has 0 radical (unpaired) electrons. The normalized spacial score (nSPS) is 11.9. The number of furan rings is 1. The van der Waals surface area contributed by atoms with Gasteiger partial charge in [0.1, 0.15) is 22.8 Å². The maximum absolute atomic E-state index is 13.9. The summed E-state index contributed by atoms with van der Waals surface area (Å²) in [6, 6.07) is 124. The maximum atomic E-state index is 13.9. The van der Waals surface area contributed by atoms with Crippen LogP contribution in [0.4, 0.5) is 0 Å². The Morgan fingerprint density at radius 3 is 0.845 bits per heavy atom. The molecule has 0 spiro atoms. The highest BCUT2D eigenvalue weighted by atomic mass is 16.3. The average molecular weight is 1230 g/mol. The Morgan fingerprint density at radius 2 is 0.495 bits per heavy atom. The van der Waals surface area contributed by atoms with Crippen LogP contribution in [0.25, 0.3) is 188 Å². The van der Waals surface area contributed by atoms with Crippen LogP contribution >= 0.6 is 0 Å². The minimum absolute atomic E-state index is 0.472. The molecule has 6 heteroatoms.